The number of ether oxygens (including phenoxy) is 1. The molecule has 0 radical (unpaired) electrons. The number of hydrogen-bond donors (Lipinski definition) is 1. The number of likely N-dealkylation sites (N-methyl/N-ethyl adjacent to an activating group) is 1. The van der Waals surface area contributed by atoms with Crippen molar-refractivity contribution >= 4 is 11.8 Å². The predicted octanol–water partition coefficient (Wildman–Crippen LogP) is 3.50. The molecule has 0 atom stereocenters. The van der Waals surface area contributed by atoms with Gasteiger partial charge >= 0.3 is 0 Å². The maximum atomic E-state index is 12.4. The highest BCUT2D eigenvalue weighted by Gasteiger charge is 2.13. The molecule has 0 saturated carbocycles. The van der Waals surface area contributed by atoms with Crippen LogP contribution in [0.4, 0.5) is 0 Å². The van der Waals surface area contributed by atoms with Crippen LogP contribution in [0.25, 0.3) is 0 Å². The molecule has 3 rings (SSSR count). The minimum Gasteiger partial charge on any atom is -0.494 e. The molecule has 0 unspecified atom stereocenters. The summed E-state index contributed by atoms with van der Waals surface area (Å²) >= 11 is 0. The summed E-state index contributed by atoms with van der Waals surface area (Å²) in [4.78, 5) is 26.4. The molecule has 1 aromatic heterocycles. The lowest BCUT2D eigenvalue weighted by Gasteiger charge is -2.16. The highest BCUT2D eigenvalue weighted by Crippen LogP contribution is 2.13. The first-order chi connectivity index (χ1) is 15.5. The highest BCUT2D eigenvalue weighted by molar-refractivity contribution is 5.96. The van der Waals surface area contributed by atoms with Gasteiger partial charge in [0.25, 0.3) is 5.91 Å². The van der Waals surface area contributed by atoms with Gasteiger partial charge in [0.2, 0.25) is 5.91 Å². The molecule has 2 amide bonds. The molecule has 7 heteroatoms. The average Bonchev–Trinajstić information content (AvgIpc) is 3.25. The molecule has 0 spiro atoms. The van der Waals surface area contributed by atoms with E-state index in [2.05, 4.69) is 17.3 Å². The van der Waals surface area contributed by atoms with E-state index < -0.39 is 0 Å². The number of carbonyl (C=O) groups excluding carboxylic acids is 2. The van der Waals surface area contributed by atoms with Crippen molar-refractivity contribution < 1.29 is 14.3 Å². The summed E-state index contributed by atoms with van der Waals surface area (Å²) in [6.45, 7) is 3.80. The number of hydrogen-bond acceptors (Lipinski definition) is 4. The van der Waals surface area contributed by atoms with Gasteiger partial charge < -0.3 is 15.0 Å². The molecule has 0 aliphatic rings. The lowest BCUT2D eigenvalue weighted by Crippen LogP contribution is -2.37. The molecule has 7 nitrogen and oxygen atoms in total. The van der Waals surface area contributed by atoms with Gasteiger partial charge in [-0.3, -0.25) is 14.3 Å². The summed E-state index contributed by atoms with van der Waals surface area (Å²) in [5.74, 6) is 0.273. The number of nitrogens with one attached hydrogen (secondary N) is 1. The quantitative estimate of drug-likeness (QED) is 0.469. The van der Waals surface area contributed by atoms with Crippen LogP contribution in [-0.4, -0.2) is 46.7 Å². The highest BCUT2D eigenvalue weighted by atomic mass is 16.5. The Balaban J connectivity index is 1.44. The first-order valence-electron chi connectivity index (χ1n) is 10.9. The Labute approximate surface area is 189 Å². The molecule has 0 saturated heterocycles. The van der Waals surface area contributed by atoms with Crippen LogP contribution >= 0.6 is 0 Å². The molecule has 0 bridgehead atoms. The Morgan fingerprint density at radius 3 is 2.53 bits per heavy atom. The van der Waals surface area contributed by atoms with Gasteiger partial charge in [-0.05, 0) is 36.2 Å². The molecule has 32 heavy (non-hydrogen) atoms. The third kappa shape index (κ3) is 6.97. The molecular weight excluding hydrogens is 404 g/mol. The lowest BCUT2D eigenvalue weighted by molar-refractivity contribution is -0.129. The van der Waals surface area contributed by atoms with Crippen LogP contribution in [0, 0.1) is 0 Å². The van der Waals surface area contributed by atoms with Gasteiger partial charge in [-0.2, -0.15) is 5.10 Å². The van der Waals surface area contributed by atoms with Gasteiger partial charge in [0, 0.05) is 30.9 Å². The van der Waals surface area contributed by atoms with Crippen molar-refractivity contribution in [3.05, 3.63) is 83.7 Å². The van der Waals surface area contributed by atoms with Crippen molar-refractivity contribution in [2.75, 3.05) is 20.2 Å². The number of unbranched alkanes of at least 4 members (excludes halogenated alkanes) is 1. The summed E-state index contributed by atoms with van der Waals surface area (Å²) in [6, 6.07) is 17.0. The average molecular weight is 435 g/mol. The zero-order valence-corrected chi connectivity index (χ0v) is 18.7. The Bertz CT molecular complexity index is 1000. The predicted molar refractivity (Wildman–Crippen MR) is 123 cm³/mol. The Morgan fingerprint density at radius 2 is 1.81 bits per heavy atom. The Kier molecular flexibility index (Phi) is 8.43. The van der Waals surface area contributed by atoms with Crippen LogP contribution in [0.1, 0.15) is 41.3 Å². The molecule has 168 valence electrons. The van der Waals surface area contributed by atoms with E-state index in [9.17, 15) is 9.59 Å². The first-order valence-corrected chi connectivity index (χ1v) is 10.9. The fourth-order valence-electron chi connectivity index (χ4n) is 3.14. The van der Waals surface area contributed by atoms with Crippen LogP contribution in [0.3, 0.4) is 0 Å². The molecule has 0 aliphatic heterocycles. The van der Waals surface area contributed by atoms with Gasteiger partial charge in [0.05, 0.1) is 25.9 Å². The van der Waals surface area contributed by atoms with Crippen molar-refractivity contribution in [1.82, 2.24) is 20.0 Å². The van der Waals surface area contributed by atoms with Gasteiger partial charge in [-0.15, -0.1) is 0 Å². The van der Waals surface area contributed by atoms with Crippen LogP contribution in [0.5, 0.6) is 5.75 Å². The lowest BCUT2D eigenvalue weighted by atomic mass is 10.2. The molecular formula is C25H30N4O3. The molecule has 1 heterocycles. The number of amides is 2. The zero-order chi connectivity index (χ0) is 22.8. The second-order valence-corrected chi connectivity index (χ2v) is 7.69. The zero-order valence-electron chi connectivity index (χ0n) is 18.7. The van der Waals surface area contributed by atoms with Gasteiger partial charge in [0.15, 0.2) is 0 Å². The fourth-order valence-corrected chi connectivity index (χ4v) is 3.14. The second-order valence-electron chi connectivity index (χ2n) is 7.69. The molecule has 1 N–H and O–H groups in total. The van der Waals surface area contributed by atoms with E-state index in [0.717, 1.165) is 29.7 Å². The van der Waals surface area contributed by atoms with Crippen molar-refractivity contribution in [3.63, 3.8) is 0 Å². The van der Waals surface area contributed by atoms with Crippen molar-refractivity contribution in [3.8, 4) is 5.75 Å². The van der Waals surface area contributed by atoms with E-state index >= 15 is 0 Å². The van der Waals surface area contributed by atoms with Crippen molar-refractivity contribution in [2.45, 2.75) is 32.9 Å². The third-order valence-corrected chi connectivity index (χ3v) is 5.00. The Morgan fingerprint density at radius 1 is 1.06 bits per heavy atom. The van der Waals surface area contributed by atoms with E-state index in [0.29, 0.717) is 25.3 Å². The van der Waals surface area contributed by atoms with Gasteiger partial charge in [-0.1, -0.05) is 43.7 Å². The molecule has 0 fully saturated rings. The largest absolute Gasteiger partial charge is 0.494 e. The first kappa shape index (κ1) is 23.1. The van der Waals surface area contributed by atoms with Crippen LogP contribution < -0.4 is 10.1 Å². The number of benzene rings is 2. The maximum absolute atomic E-state index is 12.4. The standard InChI is InChI=1S/C25H30N4O3/c1-3-4-14-32-23-12-10-22(11-13-23)25(31)26-16-24(30)28(2)17-21-15-27-29(19-21)18-20-8-6-5-7-9-20/h5-13,15,19H,3-4,14,16-18H2,1-2H3,(H,26,31). The van der Waals surface area contributed by atoms with E-state index in [1.807, 2.05) is 41.2 Å². The van der Waals surface area contributed by atoms with Crippen molar-refractivity contribution in [2.24, 2.45) is 0 Å². The molecule has 0 aliphatic carbocycles. The minimum absolute atomic E-state index is 0.0672. The Hall–Kier alpha value is -3.61. The maximum Gasteiger partial charge on any atom is 0.251 e. The van der Waals surface area contributed by atoms with Gasteiger partial charge in [-0.25, -0.2) is 0 Å². The fraction of sp³-hybridized carbons (Fsp3) is 0.320. The number of carbonyl (C=O) groups is 2. The van der Waals surface area contributed by atoms with E-state index in [-0.39, 0.29) is 18.4 Å². The second kappa shape index (κ2) is 11.7. The van der Waals surface area contributed by atoms with Crippen molar-refractivity contribution in [1.29, 1.82) is 0 Å². The number of rotatable bonds is 11. The summed E-state index contributed by atoms with van der Waals surface area (Å²) in [7, 11) is 1.71. The summed E-state index contributed by atoms with van der Waals surface area (Å²) in [5.41, 5.74) is 2.59. The van der Waals surface area contributed by atoms with E-state index in [1.54, 1.807) is 42.4 Å². The summed E-state index contributed by atoms with van der Waals surface area (Å²) < 4.78 is 7.45. The minimum atomic E-state index is -0.289. The summed E-state index contributed by atoms with van der Waals surface area (Å²) in [5, 5.41) is 7.05. The topological polar surface area (TPSA) is 76.5 Å². The number of aromatic nitrogens is 2. The monoisotopic (exact) mass is 434 g/mol. The SMILES string of the molecule is CCCCOc1ccc(C(=O)NCC(=O)N(C)Cc2cnn(Cc3ccccc3)c2)cc1. The summed E-state index contributed by atoms with van der Waals surface area (Å²) in [6.07, 6.45) is 5.75. The smallest absolute Gasteiger partial charge is 0.251 e. The van der Waals surface area contributed by atoms with Gasteiger partial charge in [0.1, 0.15) is 5.75 Å². The van der Waals surface area contributed by atoms with E-state index in [4.69, 9.17) is 4.74 Å². The van der Waals surface area contributed by atoms with Crippen LogP contribution in [-0.2, 0) is 17.9 Å². The van der Waals surface area contributed by atoms with E-state index in [1.165, 1.54) is 0 Å². The molecule has 2 aromatic carbocycles. The number of nitrogens with zero attached hydrogens (tertiary/aromatic N) is 3. The van der Waals surface area contributed by atoms with Crippen LogP contribution in [0.2, 0.25) is 0 Å². The normalized spacial score (nSPS) is 10.6. The van der Waals surface area contributed by atoms with Crippen LogP contribution in [0.15, 0.2) is 67.0 Å². The third-order valence-electron chi connectivity index (χ3n) is 5.00. The molecule has 3 aromatic rings.